The third-order valence-electron chi connectivity index (χ3n) is 9.84. The second-order valence-corrected chi connectivity index (χ2v) is 14.6. The van der Waals surface area contributed by atoms with Crippen molar-refractivity contribution in [1.29, 1.82) is 0 Å². The first-order valence-corrected chi connectivity index (χ1v) is 17.1. The number of carbonyl (C=O) groups is 4. The molecule has 0 saturated heterocycles. The lowest BCUT2D eigenvalue weighted by Gasteiger charge is -2.01. The molecule has 0 amide bonds. The van der Waals surface area contributed by atoms with Gasteiger partial charge >= 0.3 is 0 Å². The van der Waals surface area contributed by atoms with Crippen LogP contribution in [-0.2, 0) is 14.1 Å². The molecule has 228 valence electrons. The van der Waals surface area contributed by atoms with Gasteiger partial charge in [0.15, 0.2) is 23.1 Å². The van der Waals surface area contributed by atoms with Crippen LogP contribution in [0.15, 0.2) is 96.1 Å². The first kappa shape index (κ1) is 27.4. The Balaban J connectivity index is 1.04. The first-order chi connectivity index (χ1) is 23.3. The van der Waals surface area contributed by atoms with E-state index >= 15 is 0 Å². The van der Waals surface area contributed by atoms with E-state index in [2.05, 4.69) is 9.13 Å². The number of fused-ring (bicyclic) bond motifs is 9. The van der Waals surface area contributed by atoms with E-state index in [0.717, 1.165) is 62.8 Å². The van der Waals surface area contributed by atoms with Gasteiger partial charge in [-0.15, -0.1) is 22.7 Å². The smallest absolute Gasteiger partial charge is 0.197 e. The molecule has 0 atom stereocenters. The van der Waals surface area contributed by atoms with Gasteiger partial charge in [0.2, 0.25) is 0 Å². The van der Waals surface area contributed by atoms with Crippen molar-refractivity contribution in [3.05, 3.63) is 130 Å². The molecule has 8 heteroatoms. The molecule has 2 aliphatic carbocycles. The third-order valence-corrected chi connectivity index (χ3v) is 12.2. The summed E-state index contributed by atoms with van der Waals surface area (Å²) in [5.74, 6) is -0.965. The molecule has 0 unspecified atom stereocenters. The van der Waals surface area contributed by atoms with E-state index in [1.165, 1.54) is 0 Å². The lowest BCUT2D eigenvalue weighted by atomic mass is 10.0. The van der Waals surface area contributed by atoms with Crippen LogP contribution in [-0.4, -0.2) is 32.3 Å². The monoisotopic (exact) mass is 658 g/mol. The lowest BCUT2D eigenvalue weighted by molar-refractivity contribution is 0.0975. The molecule has 2 aliphatic rings. The topological polar surface area (TPSA) is 78.1 Å². The Kier molecular flexibility index (Phi) is 5.39. The Hall–Kier alpha value is -5.70. The fraction of sp³-hybridized carbons (Fsp3) is 0.0500. The molecule has 0 fully saturated rings. The van der Waals surface area contributed by atoms with Crippen LogP contribution in [0.25, 0.3) is 63.5 Å². The van der Waals surface area contributed by atoms with Gasteiger partial charge in [-0.3, -0.25) is 19.2 Å². The predicted octanol–water partition coefficient (Wildman–Crippen LogP) is 9.18. The largest absolute Gasteiger partial charge is 0.342 e. The normalized spacial score (nSPS) is 14.5. The maximum absolute atomic E-state index is 13.4. The summed E-state index contributed by atoms with van der Waals surface area (Å²) in [6.07, 6.45) is 3.45. The second-order valence-electron chi connectivity index (χ2n) is 12.5. The minimum Gasteiger partial charge on any atom is -0.342 e. The molecule has 4 aromatic heterocycles. The first-order valence-electron chi connectivity index (χ1n) is 15.4. The fourth-order valence-electron chi connectivity index (χ4n) is 7.35. The Labute approximate surface area is 280 Å². The van der Waals surface area contributed by atoms with E-state index in [1.807, 2.05) is 99.0 Å². The number of thiophene rings is 2. The van der Waals surface area contributed by atoms with Gasteiger partial charge in [-0.2, -0.15) is 0 Å². The molecule has 0 radical (unpaired) electrons. The minimum atomic E-state index is -0.241. The summed E-state index contributed by atoms with van der Waals surface area (Å²) in [7, 11) is 3.93. The number of Topliss-reactive ketones (excluding diaryl/α,β-unsaturated/α-hetero) is 4. The number of hydrogen-bond acceptors (Lipinski definition) is 6. The average Bonchev–Trinajstić information content (AvgIpc) is 3.88. The average molecular weight is 659 g/mol. The highest BCUT2D eigenvalue weighted by atomic mass is 32.1. The number of allylic oxidation sites excluding steroid dienone is 2. The van der Waals surface area contributed by atoms with Crippen molar-refractivity contribution in [1.82, 2.24) is 9.13 Å². The van der Waals surface area contributed by atoms with E-state index in [0.29, 0.717) is 22.3 Å². The predicted molar refractivity (Wildman–Crippen MR) is 194 cm³/mol. The van der Waals surface area contributed by atoms with Crippen molar-refractivity contribution in [2.45, 2.75) is 0 Å². The minimum absolute atomic E-state index is 0.185. The van der Waals surface area contributed by atoms with E-state index in [1.54, 1.807) is 34.8 Å². The number of rotatable bonds is 2. The zero-order valence-electron chi connectivity index (χ0n) is 25.6. The molecule has 0 saturated carbocycles. The van der Waals surface area contributed by atoms with Gasteiger partial charge in [0.05, 0.1) is 41.0 Å². The van der Waals surface area contributed by atoms with E-state index in [9.17, 15) is 19.2 Å². The molecule has 4 aromatic carbocycles. The zero-order valence-corrected chi connectivity index (χ0v) is 27.2. The van der Waals surface area contributed by atoms with Crippen molar-refractivity contribution in [3.63, 3.8) is 0 Å². The Morgan fingerprint density at radius 2 is 0.792 bits per heavy atom. The molecule has 4 heterocycles. The third kappa shape index (κ3) is 3.56. The summed E-state index contributed by atoms with van der Waals surface area (Å²) >= 11 is 3.32. The number of ketones is 4. The number of nitrogens with zero attached hydrogens (tertiary/aromatic N) is 2. The zero-order chi connectivity index (χ0) is 32.6. The van der Waals surface area contributed by atoms with Crippen LogP contribution in [0.3, 0.4) is 0 Å². The van der Waals surface area contributed by atoms with Crippen LogP contribution < -0.4 is 0 Å². The second kappa shape index (κ2) is 9.44. The summed E-state index contributed by atoms with van der Waals surface area (Å²) in [6.45, 7) is 0. The van der Waals surface area contributed by atoms with Crippen molar-refractivity contribution < 1.29 is 19.2 Å². The molecule has 0 N–H and O–H groups in total. The molecule has 10 rings (SSSR count). The van der Waals surface area contributed by atoms with Gasteiger partial charge in [-0.05, 0) is 70.1 Å². The van der Waals surface area contributed by atoms with Gasteiger partial charge in [0, 0.05) is 47.7 Å². The molecule has 0 spiro atoms. The van der Waals surface area contributed by atoms with Crippen molar-refractivity contribution >= 4 is 109 Å². The summed E-state index contributed by atoms with van der Waals surface area (Å²) in [4.78, 5) is 53.7. The molecular formula is C40H22N2O4S2. The van der Waals surface area contributed by atoms with Crippen LogP contribution in [0.1, 0.15) is 52.8 Å². The Morgan fingerprint density at radius 1 is 0.479 bits per heavy atom. The molecule has 8 aromatic rings. The molecule has 0 bridgehead atoms. The highest BCUT2D eigenvalue weighted by molar-refractivity contribution is 7.36. The lowest BCUT2D eigenvalue weighted by Crippen LogP contribution is -2.02. The number of benzene rings is 4. The maximum atomic E-state index is 13.4. The molecule has 48 heavy (non-hydrogen) atoms. The number of aryl methyl sites for hydroxylation is 2. The summed E-state index contributed by atoms with van der Waals surface area (Å²) in [5.41, 5.74) is 5.87. The summed E-state index contributed by atoms with van der Waals surface area (Å²) in [5, 5.41) is 3.74. The van der Waals surface area contributed by atoms with Crippen LogP contribution in [0, 0.1) is 0 Å². The van der Waals surface area contributed by atoms with Gasteiger partial charge < -0.3 is 9.13 Å². The standard InChI is InChI=1S/C40H22N2O4S2/c1-41-23(15-29-35(43)25-11-19-7-3-4-8-20(19)12-26(25)36(29)44)17-31-33(41)39-40(47-31)34-32(48-39)18-24(42(34)2)16-30-37(45)27-13-21-9-5-6-10-22(21)14-28(27)38(30)46/h3-18H,1-2H3. The number of hydrogen-bond donors (Lipinski definition) is 0. The molecule has 6 nitrogen and oxygen atoms in total. The highest BCUT2D eigenvalue weighted by Gasteiger charge is 2.35. The van der Waals surface area contributed by atoms with Gasteiger partial charge in [0.25, 0.3) is 0 Å². The van der Waals surface area contributed by atoms with Gasteiger partial charge in [-0.25, -0.2) is 0 Å². The highest BCUT2D eigenvalue weighted by Crippen LogP contribution is 2.46. The van der Waals surface area contributed by atoms with Crippen molar-refractivity contribution in [2.75, 3.05) is 0 Å². The number of carbonyl (C=O) groups excluding carboxylic acids is 4. The van der Waals surface area contributed by atoms with Crippen LogP contribution in [0.5, 0.6) is 0 Å². The maximum Gasteiger partial charge on any atom is 0.197 e. The van der Waals surface area contributed by atoms with Gasteiger partial charge in [0.1, 0.15) is 0 Å². The quantitative estimate of drug-likeness (QED) is 0.137. The SMILES string of the molecule is Cn1c(C=C2C(=O)c3cc4ccccc4cc3C2=O)cc2sc3c(sc4cc(C=C5C(=O)c6cc7ccccc7cc6C5=O)n(C)c43)c21. The Bertz CT molecular complexity index is 2630. The Morgan fingerprint density at radius 3 is 1.10 bits per heavy atom. The molecule has 0 aliphatic heterocycles. The van der Waals surface area contributed by atoms with Gasteiger partial charge in [-0.1, -0.05) is 48.5 Å². The van der Waals surface area contributed by atoms with Crippen LogP contribution in [0.4, 0.5) is 0 Å². The fourth-order valence-corrected chi connectivity index (χ4v) is 10.3. The van der Waals surface area contributed by atoms with E-state index in [4.69, 9.17) is 0 Å². The van der Waals surface area contributed by atoms with E-state index in [-0.39, 0.29) is 34.3 Å². The van der Waals surface area contributed by atoms with E-state index < -0.39 is 0 Å². The summed E-state index contributed by atoms with van der Waals surface area (Å²) in [6, 6.07) is 26.8. The molecular weight excluding hydrogens is 637 g/mol. The van der Waals surface area contributed by atoms with Crippen molar-refractivity contribution in [3.8, 4) is 0 Å². The van der Waals surface area contributed by atoms with Crippen molar-refractivity contribution in [2.24, 2.45) is 14.1 Å². The van der Waals surface area contributed by atoms with Crippen LogP contribution >= 0.6 is 22.7 Å². The number of aromatic nitrogens is 2. The summed E-state index contributed by atoms with van der Waals surface area (Å²) < 4.78 is 8.45. The van der Waals surface area contributed by atoms with Crippen LogP contribution in [0.2, 0.25) is 0 Å².